The zero-order valence-corrected chi connectivity index (χ0v) is 15.6. The zero-order chi connectivity index (χ0) is 21.2. The smallest absolute Gasteiger partial charge is 0.329 e. The number of hydrogen-bond acceptors (Lipinski definition) is 7. The van der Waals surface area contributed by atoms with E-state index < -0.39 is 17.6 Å². The minimum absolute atomic E-state index is 0.0112. The maximum Gasteiger partial charge on any atom is 0.329 e. The SMILES string of the molecule is COc1ccc(NC(=O)CC/C(CC(=O)c2ccco2)=N\NC(=O)C(N)=O)cc1. The summed E-state index contributed by atoms with van der Waals surface area (Å²) >= 11 is 0. The summed E-state index contributed by atoms with van der Waals surface area (Å²) in [6, 6.07) is 9.80. The van der Waals surface area contributed by atoms with Gasteiger partial charge in [0.1, 0.15) is 5.75 Å². The Hall–Kier alpha value is -3.95. The number of furan rings is 1. The fourth-order valence-corrected chi connectivity index (χ4v) is 2.23. The lowest BCUT2D eigenvalue weighted by atomic mass is 10.1. The molecule has 4 N–H and O–H groups in total. The number of hydrogen-bond donors (Lipinski definition) is 3. The van der Waals surface area contributed by atoms with E-state index in [4.69, 9.17) is 14.9 Å². The van der Waals surface area contributed by atoms with E-state index in [0.29, 0.717) is 11.4 Å². The Morgan fingerprint density at radius 1 is 1.10 bits per heavy atom. The molecular weight excluding hydrogens is 380 g/mol. The van der Waals surface area contributed by atoms with Gasteiger partial charge in [0.2, 0.25) is 11.7 Å². The first-order valence-electron chi connectivity index (χ1n) is 8.55. The maximum atomic E-state index is 12.2. The Bertz CT molecular complexity index is 903. The number of rotatable bonds is 9. The van der Waals surface area contributed by atoms with Crippen molar-refractivity contribution < 1.29 is 28.3 Å². The van der Waals surface area contributed by atoms with Crippen LogP contribution in [0.4, 0.5) is 5.69 Å². The van der Waals surface area contributed by atoms with Crippen molar-refractivity contribution in [3.05, 3.63) is 48.4 Å². The summed E-state index contributed by atoms with van der Waals surface area (Å²) in [6.45, 7) is 0. The first kappa shape index (κ1) is 21.4. The molecule has 0 saturated heterocycles. The van der Waals surface area contributed by atoms with Crippen molar-refractivity contribution in [1.82, 2.24) is 5.43 Å². The van der Waals surface area contributed by atoms with Gasteiger partial charge < -0.3 is 20.2 Å². The van der Waals surface area contributed by atoms with E-state index in [1.807, 2.05) is 5.43 Å². The van der Waals surface area contributed by atoms with E-state index in [1.54, 1.807) is 30.3 Å². The van der Waals surface area contributed by atoms with E-state index in [9.17, 15) is 19.2 Å². The second-order valence-corrected chi connectivity index (χ2v) is 5.84. The molecule has 1 aromatic heterocycles. The highest BCUT2D eigenvalue weighted by atomic mass is 16.5. The number of amides is 3. The van der Waals surface area contributed by atoms with Crippen LogP contribution in [0.15, 0.2) is 52.2 Å². The number of Topliss-reactive ketones (excluding diaryl/α,β-unsaturated/α-hetero) is 1. The third kappa shape index (κ3) is 6.94. The van der Waals surface area contributed by atoms with Gasteiger partial charge in [0.05, 0.1) is 19.8 Å². The van der Waals surface area contributed by atoms with Crippen molar-refractivity contribution in [3.8, 4) is 5.75 Å². The molecule has 2 rings (SSSR count). The van der Waals surface area contributed by atoms with Crippen LogP contribution in [0.3, 0.4) is 0 Å². The van der Waals surface area contributed by atoms with E-state index in [-0.39, 0.29) is 36.6 Å². The number of primary amides is 1. The van der Waals surface area contributed by atoms with Crippen molar-refractivity contribution in [2.45, 2.75) is 19.3 Å². The van der Waals surface area contributed by atoms with E-state index in [1.165, 1.54) is 19.4 Å². The van der Waals surface area contributed by atoms with E-state index in [0.717, 1.165) is 0 Å². The van der Waals surface area contributed by atoms with E-state index in [2.05, 4.69) is 10.4 Å². The average Bonchev–Trinajstić information content (AvgIpc) is 3.25. The van der Waals surface area contributed by atoms with Gasteiger partial charge in [0.15, 0.2) is 5.76 Å². The Kier molecular flexibility index (Phi) is 7.66. The van der Waals surface area contributed by atoms with Gasteiger partial charge in [-0.05, 0) is 42.8 Å². The predicted molar refractivity (Wildman–Crippen MR) is 103 cm³/mol. The number of hydrazone groups is 1. The average molecular weight is 400 g/mol. The summed E-state index contributed by atoms with van der Waals surface area (Å²) < 4.78 is 10.1. The number of carbonyl (C=O) groups is 4. The number of nitrogens with two attached hydrogens (primary N) is 1. The Labute approximate surface area is 166 Å². The van der Waals surface area contributed by atoms with Crippen LogP contribution in [0.25, 0.3) is 0 Å². The lowest BCUT2D eigenvalue weighted by Gasteiger charge is -2.08. The topological polar surface area (TPSA) is 153 Å². The molecule has 0 spiro atoms. The molecule has 10 heteroatoms. The van der Waals surface area contributed by atoms with Crippen LogP contribution < -0.4 is 21.2 Å². The molecule has 29 heavy (non-hydrogen) atoms. The summed E-state index contributed by atoms with van der Waals surface area (Å²) in [5.41, 5.74) is 7.58. The second kappa shape index (κ2) is 10.4. The van der Waals surface area contributed by atoms with Gasteiger partial charge in [0.25, 0.3) is 0 Å². The Morgan fingerprint density at radius 2 is 1.83 bits per heavy atom. The molecule has 0 bridgehead atoms. The number of carbonyl (C=O) groups excluding carboxylic acids is 4. The lowest BCUT2D eigenvalue weighted by Crippen LogP contribution is -2.33. The summed E-state index contributed by atoms with van der Waals surface area (Å²) in [4.78, 5) is 46.5. The molecular formula is C19H20N4O6. The van der Waals surface area contributed by atoms with Crippen molar-refractivity contribution >= 4 is 34.9 Å². The molecule has 0 unspecified atom stereocenters. The number of anilines is 1. The molecule has 152 valence electrons. The quantitative estimate of drug-likeness (QED) is 0.249. The third-order valence-corrected chi connectivity index (χ3v) is 3.71. The molecule has 0 fully saturated rings. The van der Waals surface area contributed by atoms with Gasteiger partial charge in [-0.25, -0.2) is 5.43 Å². The van der Waals surface area contributed by atoms with Crippen LogP contribution in [-0.4, -0.2) is 36.3 Å². The Morgan fingerprint density at radius 3 is 2.41 bits per heavy atom. The largest absolute Gasteiger partial charge is 0.497 e. The standard InChI is InChI=1S/C19H20N4O6/c1-28-14-7-4-12(5-8-14)21-17(25)9-6-13(22-23-19(27)18(20)26)11-15(24)16-3-2-10-29-16/h2-5,7-8,10H,6,9,11H2,1H3,(H2,20,26)(H,21,25)(H,23,27)/b22-13+. The molecule has 0 atom stereocenters. The highest BCUT2D eigenvalue weighted by Gasteiger charge is 2.16. The van der Waals surface area contributed by atoms with Crippen LogP contribution in [-0.2, 0) is 14.4 Å². The molecule has 0 radical (unpaired) electrons. The number of nitrogens with zero attached hydrogens (tertiary/aromatic N) is 1. The third-order valence-electron chi connectivity index (χ3n) is 3.71. The van der Waals surface area contributed by atoms with Gasteiger partial charge in [-0.3, -0.25) is 19.2 Å². The minimum atomic E-state index is -1.22. The van der Waals surface area contributed by atoms with Crippen molar-refractivity contribution in [3.63, 3.8) is 0 Å². The lowest BCUT2D eigenvalue weighted by molar-refractivity contribution is -0.137. The van der Waals surface area contributed by atoms with Gasteiger partial charge in [-0.2, -0.15) is 5.10 Å². The molecule has 0 aliphatic heterocycles. The van der Waals surface area contributed by atoms with Gasteiger partial charge in [-0.1, -0.05) is 0 Å². The zero-order valence-electron chi connectivity index (χ0n) is 15.6. The molecule has 3 amide bonds. The number of methoxy groups -OCH3 is 1. The summed E-state index contributed by atoms with van der Waals surface area (Å²) in [5, 5.41) is 6.45. The van der Waals surface area contributed by atoms with Gasteiger partial charge in [0, 0.05) is 17.8 Å². The molecule has 1 heterocycles. The van der Waals surface area contributed by atoms with Gasteiger partial charge in [-0.15, -0.1) is 0 Å². The van der Waals surface area contributed by atoms with Crippen molar-refractivity contribution in [2.75, 3.05) is 12.4 Å². The highest BCUT2D eigenvalue weighted by molar-refractivity contribution is 6.34. The van der Waals surface area contributed by atoms with Gasteiger partial charge >= 0.3 is 11.8 Å². The number of benzene rings is 1. The number of ketones is 1. The van der Waals surface area contributed by atoms with Crippen molar-refractivity contribution in [1.29, 1.82) is 0 Å². The fourth-order valence-electron chi connectivity index (χ4n) is 2.23. The molecule has 0 aliphatic rings. The molecule has 1 aromatic carbocycles. The highest BCUT2D eigenvalue weighted by Crippen LogP contribution is 2.15. The summed E-state index contributed by atoms with van der Waals surface area (Å²) in [7, 11) is 1.54. The van der Waals surface area contributed by atoms with Crippen LogP contribution in [0.2, 0.25) is 0 Å². The normalized spacial score (nSPS) is 10.9. The van der Waals surface area contributed by atoms with E-state index >= 15 is 0 Å². The fraction of sp³-hybridized carbons (Fsp3) is 0.211. The molecule has 0 saturated carbocycles. The van der Waals surface area contributed by atoms with Crippen LogP contribution >= 0.6 is 0 Å². The predicted octanol–water partition coefficient (Wildman–Crippen LogP) is 1.24. The summed E-state index contributed by atoms with van der Waals surface area (Å²) in [5.74, 6) is -2.30. The maximum absolute atomic E-state index is 12.2. The minimum Gasteiger partial charge on any atom is -0.497 e. The Balaban J connectivity index is 1.98. The van der Waals surface area contributed by atoms with Crippen molar-refractivity contribution in [2.24, 2.45) is 10.8 Å². The van der Waals surface area contributed by atoms with Crippen LogP contribution in [0.1, 0.15) is 29.8 Å². The first-order chi connectivity index (χ1) is 13.9. The molecule has 10 nitrogen and oxygen atoms in total. The summed E-state index contributed by atoms with van der Waals surface area (Å²) in [6.07, 6.45) is 1.19. The molecule has 0 aliphatic carbocycles. The first-order valence-corrected chi connectivity index (χ1v) is 8.55. The number of nitrogens with one attached hydrogen (secondary N) is 2. The monoisotopic (exact) mass is 400 g/mol. The second-order valence-electron chi connectivity index (χ2n) is 5.84. The van der Waals surface area contributed by atoms with Crippen LogP contribution in [0, 0.1) is 0 Å². The number of ether oxygens (including phenoxy) is 1. The molecule has 2 aromatic rings. The van der Waals surface area contributed by atoms with Crippen LogP contribution in [0.5, 0.6) is 5.75 Å².